The van der Waals surface area contributed by atoms with E-state index in [1.165, 1.54) is 16.7 Å². The van der Waals surface area contributed by atoms with Gasteiger partial charge >= 0.3 is 0 Å². The minimum atomic E-state index is -0.386. The van der Waals surface area contributed by atoms with Gasteiger partial charge in [0.1, 0.15) is 23.1 Å². The number of piperazine rings is 1. The number of benzene rings is 2. The average Bonchev–Trinajstić information content (AvgIpc) is 2.94. The van der Waals surface area contributed by atoms with Gasteiger partial charge in [0.15, 0.2) is 0 Å². The maximum absolute atomic E-state index is 13.8. The zero-order chi connectivity index (χ0) is 27.0. The van der Waals surface area contributed by atoms with Crippen LogP contribution in [0.4, 0.5) is 15.9 Å². The summed E-state index contributed by atoms with van der Waals surface area (Å²) in [6.07, 6.45) is 0. The van der Waals surface area contributed by atoms with E-state index >= 15 is 0 Å². The van der Waals surface area contributed by atoms with E-state index in [2.05, 4.69) is 51.7 Å². The number of aromatic nitrogens is 2. The van der Waals surface area contributed by atoms with Gasteiger partial charge in [0.25, 0.3) is 11.4 Å². The van der Waals surface area contributed by atoms with Crippen LogP contribution in [0.1, 0.15) is 36.6 Å². The average molecular weight is 507 g/mol. The lowest BCUT2D eigenvalue weighted by Crippen LogP contribution is -2.58. The van der Waals surface area contributed by atoms with Crippen molar-refractivity contribution in [3.05, 3.63) is 111 Å². The van der Waals surface area contributed by atoms with Gasteiger partial charge in [-0.15, -0.1) is 4.98 Å². The van der Waals surface area contributed by atoms with Crippen molar-refractivity contribution in [3.8, 4) is 6.07 Å². The van der Waals surface area contributed by atoms with Crippen molar-refractivity contribution in [1.29, 1.82) is 5.26 Å². The van der Waals surface area contributed by atoms with Crippen molar-refractivity contribution in [2.45, 2.75) is 32.0 Å². The predicted molar refractivity (Wildman–Crippen MR) is 146 cm³/mol. The number of pyridine rings is 2. The van der Waals surface area contributed by atoms with Crippen LogP contribution in [0, 0.1) is 23.7 Å². The first-order valence-electron chi connectivity index (χ1n) is 12.5. The lowest BCUT2D eigenvalue weighted by molar-refractivity contribution is 0.130. The van der Waals surface area contributed by atoms with E-state index in [0.717, 1.165) is 11.1 Å². The molecule has 0 aliphatic carbocycles. The highest BCUT2D eigenvalue weighted by Gasteiger charge is 2.37. The minimum Gasteiger partial charge on any atom is -0.361 e. The normalized spacial score (nSPS) is 18.6. The summed E-state index contributed by atoms with van der Waals surface area (Å²) in [5, 5.41) is 10.0. The van der Waals surface area contributed by atoms with Crippen molar-refractivity contribution in [1.82, 2.24) is 14.5 Å². The van der Waals surface area contributed by atoms with Crippen molar-refractivity contribution >= 4 is 22.5 Å². The molecular weight excluding hydrogens is 479 g/mol. The van der Waals surface area contributed by atoms with Gasteiger partial charge in [0.2, 0.25) is 5.52 Å². The van der Waals surface area contributed by atoms with E-state index in [1.807, 2.05) is 30.3 Å². The van der Waals surface area contributed by atoms with E-state index < -0.39 is 0 Å². The highest BCUT2D eigenvalue weighted by atomic mass is 19.1. The second-order valence-electron chi connectivity index (χ2n) is 9.76. The quantitative estimate of drug-likeness (QED) is 0.357. The topological polar surface area (TPSA) is 69.5 Å². The molecule has 1 fully saturated rings. The van der Waals surface area contributed by atoms with Gasteiger partial charge in [-0.25, -0.2) is 4.39 Å². The third-order valence-corrected chi connectivity index (χ3v) is 7.38. The van der Waals surface area contributed by atoms with E-state index in [9.17, 15) is 14.4 Å². The summed E-state index contributed by atoms with van der Waals surface area (Å²) < 4.78 is 15.2. The molecule has 2 aromatic carbocycles. The minimum absolute atomic E-state index is 0.0103. The van der Waals surface area contributed by atoms with Crippen LogP contribution < -0.4 is 10.5 Å². The van der Waals surface area contributed by atoms with Crippen LogP contribution in [-0.2, 0) is 7.05 Å². The van der Waals surface area contributed by atoms with E-state index in [0.29, 0.717) is 29.8 Å². The molecule has 3 atom stereocenters. The van der Waals surface area contributed by atoms with Crippen molar-refractivity contribution in [3.63, 3.8) is 0 Å². The highest BCUT2D eigenvalue weighted by Crippen LogP contribution is 2.37. The molecule has 7 nitrogen and oxygen atoms in total. The second-order valence-corrected chi connectivity index (χ2v) is 9.76. The number of hydrogen-bond acceptors (Lipinski definition) is 5. The predicted octanol–water partition coefficient (Wildman–Crippen LogP) is 5.18. The maximum atomic E-state index is 13.8. The molecule has 3 heterocycles. The molecule has 1 aliphatic heterocycles. The van der Waals surface area contributed by atoms with Crippen LogP contribution in [0.2, 0.25) is 0 Å². The Hall–Kier alpha value is -4.53. The molecule has 4 aromatic rings. The Morgan fingerprint density at radius 1 is 1.03 bits per heavy atom. The number of anilines is 1. The van der Waals surface area contributed by atoms with Crippen LogP contribution >= 0.6 is 0 Å². The molecule has 0 saturated carbocycles. The van der Waals surface area contributed by atoms with Crippen LogP contribution in [0.25, 0.3) is 15.9 Å². The van der Waals surface area contributed by atoms with Gasteiger partial charge in [0, 0.05) is 32.2 Å². The summed E-state index contributed by atoms with van der Waals surface area (Å²) in [7, 11) is 1.62. The molecule has 0 amide bonds. The monoisotopic (exact) mass is 506 g/mol. The Labute approximate surface area is 220 Å². The van der Waals surface area contributed by atoms with Crippen LogP contribution in [0.3, 0.4) is 0 Å². The molecule has 2 aromatic heterocycles. The van der Waals surface area contributed by atoms with E-state index in [4.69, 9.17) is 6.57 Å². The molecule has 38 heavy (non-hydrogen) atoms. The fourth-order valence-corrected chi connectivity index (χ4v) is 5.51. The van der Waals surface area contributed by atoms with Gasteiger partial charge in [-0.05, 0) is 49.2 Å². The molecule has 0 spiro atoms. The maximum Gasteiger partial charge on any atom is 0.271 e. The summed E-state index contributed by atoms with van der Waals surface area (Å²) in [5.41, 5.74) is 3.27. The Balaban J connectivity index is 1.61. The summed E-state index contributed by atoms with van der Waals surface area (Å²) in [4.78, 5) is 25.7. The third kappa shape index (κ3) is 4.30. The first kappa shape index (κ1) is 25.1. The number of nitriles is 1. The Bertz CT molecular complexity index is 1630. The summed E-state index contributed by atoms with van der Waals surface area (Å²) in [5.74, 6) is -0.0688. The third-order valence-electron chi connectivity index (χ3n) is 7.38. The molecule has 190 valence electrons. The standard InChI is InChI=1S/C30H27FN6O/c1-19-18-37(29-24(16-32)30(38)35(4)25-14-15-26(33-3)34-27(25)29)20(2)17-36(19)28(21-8-6-5-7-9-21)22-10-12-23(31)13-11-22/h5-15,19-20,28H,17-18H2,1-2,4H3/t19-,20+,28?/m1/s1. The fraction of sp³-hybridized carbons (Fsp3) is 0.267. The second kappa shape index (κ2) is 10.1. The lowest BCUT2D eigenvalue weighted by Gasteiger charge is -2.48. The molecular formula is C30H27FN6O. The highest BCUT2D eigenvalue weighted by molar-refractivity contribution is 5.93. The molecule has 0 bridgehead atoms. The molecule has 8 heteroatoms. The number of hydrogen-bond donors (Lipinski definition) is 0. The lowest BCUT2D eigenvalue weighted by atomic mass is 9.93. The SMILES string of the molecule is [C-]#[N+]c1ccc2c(n1)c(N1C[C@@H](C)N(C(c3ccccc3)c3ccc(F)cc3)C[C@@H]1C)c(C#N)c(=O)n2C. The molecule has 1 unspecified atom stereocenters. The van der Waals surface area contributed by atoms with Gasteiger partial charge in [-0.3, -0.25) is 9.69 Å². The van der Waals surface area contributed by atoms with Gasteiger partial charge in [-0.1, -0.05) is 49.0 Å². The Morgan fingerprint density at radius 3 is 2.37 bits per heavy atom. The molecule has 1 aliphatic rings. The summed E-state index contributed by atoms with van der Waals surface area (Å²) in [6.45, 7) is 12.8. The van der Waals surface area contributed by atoms with Gasteiger partial charge in [0.05, 0.1) is 11.6 Å². The van der Waals surface area contributed by atoms with Crippen LogP contribution in [-0.4, -0.2) is 39.6 Å². The first-order valence-corrected chi connectivity index (χ1v) is 12.5. The van der Waals surface area contributed by atoms with Crippen LogP contribution in [0.5, 0.6) is 0 Å². The first-order chi connectivity index (χ1) is 18.3. The molecule has 0 N–H and O–H groups in total. The number of nitrogens with zero attached hydrogens (tertiary/aromatic N) is 6. The number of aryl methyl sites for hydroxylation is 1. The molecule has 5 rings (SSSR count). The zero-order valence-electron chi connectivity index (χ0n) is 21.5. The Morgan fingerprint density at radius 2 is 1.71 bits per heavy atom. The van der Waals surface area contributed by atoms with E-state index in [-0.39, 0.29) is 40.9 Å². The van der Waals surface area contributed by atoms with E-state index in [1.54, 1.807) is 19.2 Å². The number of fused-ring (bicyclic) bond motifs is 1. The number of rotatable bonds is 4. The van der Waals surface area contributed by atoms with Crippen molar-refractivity contribution in [2.24, 2.45) is 7.05 Å². The molecule has 0 radical (unpaired) electrons. The van der Waals surface area contributed by atoms with Gasteiger partial charge < -0.3 is 14.3 Å². The largest absolute Gasteiger partial charge is 0.361 e. The van der Waals surface area contributed by atoms with Gasteiger partial charge in [-0.2, -0.15) is 5.26 Å². The van der Waals surface area contributed by atoms with Crippen LogP contribution in [0.15, 0.2) is 71.5 Å². The fourth-order valence-electron chi connectivity index (χ4n) is 5.51. The summed E-state index contributed by atoms with van der Waals surface area (Å²) in [6, 6.07) is 22.0. The number of halogens is 1. The Kier molecular flexibility index (Phi) is 6.67. The smallest absolute Gasteiger partial charge is 0.271 e. The molecule has 1 saturated heterocycles. The summed E-state index contributed by atoms with van der Waals surface area (Å²) >= 11 is 0. The van der Waals surface area contributed by atoms with Crippen molar-refractivity contribution in [2.75, 3.05) is 18.0 Å². The zero-order valence-corrected chi connectivity index (χ0v) is 21.5. The van der Waals surface area contributed by atoms with Crippen molar-refractivity contribution < 1.29 is 4.39 Å².